The Kier molecular flexibility index (Phi) is 4.11. The minimum Gasteiger partial charge on any atom is -0.323 e. The summed E-state index contributed by atoms with van der Waals surface area (Å²) in [4.78, 5) is 4.54. The van der Waals surface area contributed by atoms with Gasteiger partial charge < -0.3 is 5.43 Å². The Morgan fingerprint density at radius 3 is 2.37 bits per heavy atom. The summed E-state index contributed by atoms with van der Waals surface area (Å²) in [6.45, 7) is 6.06. The smallest absolute Gasteiger partial charge is 0.0928 e. The van der Waals surface area contributed by atoms with Crippen LogP contribution in [0.3, 0.4) is 0 Å². The van der Waals surface area contributed by atoms with Crippen LogP contribution in [0.25, 0.3) is 10.9 Å². The van der Waals surface area contributed by atoms with Crippen LogP contribution in [0.5, 0.6) is 0 Å². The molecule has 0 aliphatic carbocycles. The van der Waals surface area contributed by atoms with Gasteiger partial charge in [-0.2, -0.15) is 0 Å². The average Bonchev–Trinajstić information content (AvgIpc) is 2.34. The van der Waals surface area contributed by atoms with Crippen LogP contribution in [-0.2, 0) is 0 Å². The molecule has 1 aromatic heterocycles. The molecule has 0 bridgehead atoms. The number of halogens is 3. The van der Waals surface area contributed by atoms with Gasteiger partial charge in [0, 0.05) is 16.6 Å². The number of fused-ring (bicyclic) bond motifs is 1. The zero-order chi connectivity index (χ0) is 14.3. The maximum absolute atomic E-state index is 6.28. The Bertz CT molecular complexity index is 654. The summed E-state index contributed by atoms with van der Waals surface area (Å²) >= 11 is 18.6. The third-order valence-corrected chi connectivity index (χ3v) is 4.13. The number of rotatable bonds is 2. The fourth-order valence-electron chi connectivity index (χ4n) is 2.32. The van der Waals surface area contributed by atoms with Crippen molar-refractivity contribution in [2.45, 2.75) is 26.7 Å². The van der Waals surface area contributed by atoms with E-state index in [2.05, 4.69) is 24.3 Å². The number of nitrogen functional groups attached to an aromatic ring is 1. The van der Waals surface area contributed by atoms with E-state index in [9.17, 15) is 0 Å². The topological polar surface area (TPSA) is 50.9 Å². The maximum Gasteiger partial charge on any atom is 0.0928 e. The number of hydrazine groups is 1. The molecule has 3 N–H and O–H groups in total. The predicted molar refractivity (Wildman–Crippen MR) is 83.4 cm³/mol. The zero-order valence-corrected chi connectivity index (χ0v) is 13.1. The fourth-order valence-corrected chi connectivity index (χ4v) is 3.07. The normalized spacial score (nSPS) is 11.4. The Morgan fingerprint density at radius 2 is 1.84 bits per heavy atom. The molecule has 0 unspecified atom stereocenters. The van der Waals surface area contributed by atoms with E-state index >= 15 is 0 Å². The van der Waals surface area contributed by atoms with Crippen LogP contribution in [0.15, 0.2) is 6.07 Å². The van der Waals surface area contributed by atoms with Crippen molar-refractivity contribution in [3.05, 3.63) is 32.4 Å². The number of benzene rings is 1. The molecule has 0 radical (unpaired) electrons. The fraction of sp³-hybridized carbons (Fsp3) is 0.308. The molecule has 2 aromatic rings. The highest BCUT2D eigenvalue weighted by atomic mass is 35.5. The third-order valence-electron chi connectivity index (χ3n) is 3.06. The molecular formula is C13H14Cl3N3. The van der Waals surface area contributed by atoms with E-state index in [0.29, 0.717) is 26.0 Å². The Morgan fingerprint density at radius 1 is 1.21 bits per heavy atom. The van der Waals surface area contributed by atoms with Gasteiger partial charge in [-0.25, -0.2) is 0 Å². The molecule has 0 atom stereocenters. The predicted octanol–water partition coefficient (Wildman–Crippen LogP) is 4.91. The first-order chi connectivity index (χ1) is 8.88. The first-order valence-electron chi connectivity index (χ1n) is 5.82. The summed E-state index contributed by atoms with van der Waals surface area (Å²) in [5.74, 6) is 5.92. The van der Waals surface area contributed by atoms with Crippen molar-refractivity contribution in [1.82, 2.24) is 4.98 Å². The number of anilines is 1. The van der Waals surface area contributed by atoms with Crippen molar-refractivity contribution >= 4 is 51.4 Å². The van der Waals surface area contributed by atoms with Gasteiger partial charge in [0.05, 0.1) is 26.3 Å². The number of hydrogen-bond donors (Lipinski definition) is 2. The van der Waals surface area contributed by atoms with Crippen molar-refractivity contribution in [3.8, 4) is 0 Å². The minimum atomic E-state index is 0.247. The van der Waals surface area contributed by atoms with E-state index < -0.39 is 0 Å². The van der Waals surface area contributed by atoms with Crippen molar-refractivity contribution in [2.75, 3.05) is 5.43 Å². The van der Waals surface area contributed by atoms with Crippen LogP contribution >= 0.6 is 34.8 Å². The van der Waals surface area contributed by atoms with Crippen molar-refractivity contribution < 1.29 is 0 Å². The van der Waals surface area contributed by atoms with Gasteiger partial charge in [-0.15, -0.1) is 0 Å². The van der Waals surface area contributed by atoms with Gasteiger partial charge >= 0.3 is 0 Å². The van der Waals surface area contributed by atoms with Crippen LogP contribution < -0.4 is 11.3 Å². The van der Waals surface area contributed by atoms with Crippen LogP contribution in [0, 0.1) is 6.92 Å². The number of nitrogens with zero attached hydrogens (tertiary/aromatic N) is 1. The molecule has 0 aliphatic rings. The average molecular weight is 319 g/mol. The molecule has 1 aromatic carbocycles. The lowest BCUT2D eigenvalue weighted by Gasteiger charge is -2.19. The number of nitrogens with one attached hydrogen (secondary N) is 1. The molecule has 1 heterocycles. The standard InChI is InChI=1S/C13H14Cl3N3/c1-5(2)9-6(3)18-12-8(15)4-7(14)11(16)10(12)13(9)19-17/h4-5H,17H2,1-3H3,(H,18,19). The Hall–Kier alpha value is -0.740. The van der Waals surface area contributed by atoms with E-state index in [4.69, 9.17) is 40.6 Å². The molecule has 2 rings (SSSR count). The van der Waals surface area contributed by atoms with E-state index in [0.717, 1.165) is 16.9 Å². The lowest BCUT2D eigenvalue weighted by Crippen LogP contribution is -2.13. The quantitative estimate of drug-likeness (QED) is 0.470. The number of hydrogen-bond acceptors (Lipinski definition) is 3. The molecule has 102 valence electrons. The van der Waals surface area contributed by atoms with E-state index in [-0.39, 0.29) is 5.92 Å². The molecular weight excluding hydrogens is 305 g/mol. The molecule has 0 saturated carbocycles. The first kappa shape index (κ1) is 14.7. The van der Waals surface area contributed by atoms with Gasteiger partial charge in [0.15, 0.2) is 0 Å². The lowest BCUT2D eigenvalue weighted by molar-refractivity contribution is 0.848. The molecule has 0 fully saturated rings. The van der Waals surface area contributed by atoms with Gasteiger partial charge in [0.2, 0.25) is 0 Å². The highest BCUT2D eigenvalue weighted by molar-refractivity contribution is 6.48. The highest BCUT2D eigenvalue weighted by Gasteiger charge is 2.20. The largest absolute Gasteiger partial charge is 0.323 e. The highest BCUT2D eigenvalue weighted by Crippen LogP contribution is 2.42. The van der Waals surface area contributed by atoms with Gasteiger partial charge in [-0.1, -0.05) is 48.7 Å². The molecule has 6 heteroatoms. The van der Waals surface area contributed by atoms with E-state index in [1.54, 1.807) is 6.07 Å². The second-order valence-corrected chi connectivity index (χ2v) is 5.86. The molecule has 0 spiro atoms. The third kappa shape index (κ3) is 2.36. The second kappa shape index (κ2) is 5.33. The van der Waals surface area contributed by atoms with Gasteiger partial charge in [0.1, 0.15) is 0 Å². The monoisotopic (exact) mass is 317 g/mol. The first-order valence-corrected chi connectivity index (χ1v) is 6.96. The molecule has 19 heavy (non-hydrogen) atoms. The van der Waals surface area contributed by atoms with Crippen molar-refractivity contribution in [2.24, 2.45) is 5.84 Å². The summed E-state index contributed by atoms with van der Waals surface area (Å²) in [6, 6.07) is 1.59. The maximum atomic E-state index is 6.28. The zero-order valence-electron chi connectivity index (χ0n) is 10.8. The molecule has 3 nitrogen and oxygen atoms in total. The van der Waals surface area contributed by atoms with Crippen molar-refractivity contribution in [1.29, 1.82) is 0 Å². The summed E-state index contributed by atoms with van der Waals surface area (Å²) in [7, 11) is 0. The molecule has 0 amide bonds. The lowest BCUT2D eigenvalue weighted by atomic mass is 9.97. The van der Waals surface area contributed by atoms with Gasteiger partial charge in [-0.3, -0.25) is 10.8 Å². The summed E-state index contributed by atoms with van der Waals surface area (Å²) in [5.41, 5.74) is 5.93. The van der Waals surface area contributed by atoms with Gasteiger partial charge in [-0.05, 0) is 18.9 Å². The van der Waals surface area contributed by atoms with E-state index in [1.165, 1.54) is 0 Å². The minimum absolute atomic E-state index is 0.247. The molecule has 0 aliphatic heterocycles. The van der Waals surface area contributed by atoms with Crippen LogP contribution in [-0.4, -0.2) is 4.98 Å². The summed E-state index contributed by atoms with van der Waals surface area (Å²) < 4.78 is 0. The number of aryl methyl sites for hydroxylation is 1. The number of aromatic nitrogens is 1. The second-order valence-electron chi connectivity index (χ2n) is 4.66. The summed E-state index contributed by atoms with van der Waals surface area (Å²) in [5, 5.41) is 1.91. The van der Waals surface area contributed by atoms with Gasteiger partial charge in [0.25, 0.3) is 0 Å². The van der Waals surface area contributed by atoms with Crippen LogP contribution in [0.2, 0.25) is 15.1 Å². The van der Waals surface area contributed by atoms with E-state index in [1.807, 2.05) is 6.92 Å². The number of pyridine rings is 1. The molecule has 0 saturated heterocycles. The Balaban J connectivity index is 3.04. The number of nitrogens with two attached hydrogens (primary N) is 1. The summed E-state index contributed by atoms with van der Waals surface area (Å²) in [6.07, 6.45) is 0. The van der Waals surface area contributed by atoms with Crippen LogP contribution in [0.4, 0.5) is 5.69 Å². The van der Waals surface area contributed by atoms with Crippen LogP contribution in [0.1, 0.15) is 31.0 Å². The Labute approximate surface area is 127 Å². The SMILES string of the molecule is Cc1nc2c(Cl)cc(Cl)c(Cl)c2c(NN)c1C(C)C. The van der Waals surface area contributed by atoms with Crippen molar-refractivity contribution in [3.63, 3.8) is 0 Å².